The van der Waals surface area contributed by atoms with Crippen molar-refractivity contribution in [3.05, 3.63) is 0 Å². The average molecular weight is 246 g/mol. The van der Waals surface area contributed by atoms with Crippen LogP contribution in [0.1, 0.15) is 27.2 Å². The summed E-state index contributed by atoms with van der Waals surface area (Å²) in [5.41, 5.74) is -0.919. The van der Waals surface area contributed by atoms with Crippen molar-refractivity contribution in [1.82, 2.24) is 10.2 Å². The topological polar surface area (TPSA) is 61.8 Å². The van der Waals surface area contributed by atoms with E-state index in [2.05, 4.69) is 24.1 Å². The van der Waals surface area contributed by atoms with Crippen molar-refractivity contribution in [2.45, 2.75) is 38.8 Å². The molecule has 0 spiro atoms. The molecule has 0 aliphatic rings. The number of aliphatic carboxylic acids is 1. The molecule has 0 bridgehead atoms. The van der Waals surface area contributed by atoms with Crippen molar-refractivity contribution in [2.24, 2.45) is 0 Å². The molecule has 0 saturated heterocycles. The normalized spacial score (nSPS) is 16.8. The second-order valence-electron chi connectivity index (χ2n) is 4.61. The van der Waals surface area contributed by atoms with Crippen LogP contribution in [0.2, 0.25) is 0 Å². The molecule has 0 aromatic carbocycles. The molecular formula is C12H26N2O3. The van der Waals surface area contributed by atoms with Crippen LogP contribution < -0.4 is 5.32 Å². The van der Waals surface area contributed by atoms with Gasteiger partial charge < -0.3 is 15.2 Å². The quantitative estimate of drug-likeness (QED) is 0.630. The van der Waals surface area contributed by atoms with Crippen LogP contribution >= 0.6 is 0 Å². The van der Waals surface area contributed by atoms with E-state index in [0.717, 1.165) is 13.0 Å². The van der Waals surface area contributed by atoms with Gasteiger partial charge in [0, 0.05) is 26.2 Å². The van der Waals surface area contributed by atoms with E-state index in [-0.39, 0.29) is 0 Å². The van der Waals surface area contributed by atoms with Crippen LogP contribution in [-0.4, -0.2) is 61.4 Å². The van der Waals surface area contributed by atoms with E-state index in [0.29, 0.717) is 19.2 Å². The minimum absolute atomic E-state index is 0.345. The number of nitrogens with zero attached hydrogens (tertiary/aromatic N) is 1. The zero-order valence-electron chi connectivity index (χ0n) is 11.6. The highest BCUT2D eigenvalue weighted by Crippen LogP contribution is 2.11. The van der Waals surface area contributed by atoms with Gasteiger partial charge >= 0.3 is 5.97 Å². The Morgan fingerprint density at radius 3 is 2.53 bits per heavy atom. The summed E-state index contributed by atoms with van der Waals surface area (Å²) >= 11 is 0. The summed E-state index contributed by atoms with van der Waals surface area (Å²) < 4.78 is 5.07. The van der Waals surface area contributed by atoms with Gasteiger partial charge in [-0.1, -0.05) is 6.92 Å². The molecule has 2 unspecified atom stereocenters. The maximum Gasteiger partial charge on any atom is 0.324 e. The Labute approximate surface area is 104 Å². The first kappa shape index (κ1) is 16.4. The number of carboxylic acids is 1. The average Bonchev–Trinajstić information content (AvgIpc) is 2.32. The van der Waals surface area contributed by atoms with Crippen molar-refractivity contribution in [1.29, 1.82) is 0 Å². The molecule has 0 radical (unpaired) electrons. The van der Waals surface area contributed by atoms with Crippen LogP contribution in [0.5, 0.6) is 0 Å². The third kappa shape index (κ3) is 5.02. The predicted molar refractivity (Wildman–Crippen MR) is 68.3 cm³/mol. The van der Waals surface area contributed by atoms with Crippen LogP contribution in [0.25, 0.3) is 0 Å². The molecule has 0 fully saturated rings. The molecule has 0 saturated carbocycles. The summed E-state index contributed by atoms with van der Waals surface area (Å²) in [5, 5.41) is 12.1. The summed E-state index contributed by atoms with van der Waals surface area (Å²) in [4.78, 5) is 13.4. The minimum atomic E-state index is -0.919. The number of carbonyl (C=O) groups is 1. The van der Waals surface area contributed by atoms with Gasteiger partial charge in [-0.3, -0.25) is 9.69 Å². The number of ether oxygens (including phenoxy) is 1. The zero-order chi connectivity index (χ0) is 13.5. The predicted octanol–water partition coefficient (Wildman–Crippen LogP) is 0.796. The molecule has 2 atom stereocenters. The van der Waals surface area contributed by atoms with Crippen LogP contribution in [0.15, 0.2) is 0 Å². The minimum Gasteiger partial charge on any atom is -0.480 e. The van der Waals surface area contributed by atoms with Gasteiger partial charge in [0.1, 0.15) is 5.54 Å². The summed E-state index contributed by atoms with van der Waals surface area (Å²) in [6.45, 7) is 7.74. The fraction of sp³-hybridized carbons (Fsp3) is 0.917. The fourth-order valence-electron chi connectivity index (χ4n) is 1.58. The molecule has 0 aliphatic heterocycles. The molecule has 102 valence electrons. The van der Waals surface area contributed by atoms with Crippen LogP contribution in [0.4, 0.5) is 0 Å². The van der Waals surface area contributed by atoms with Gasteiger partial charge in [0.05, 0.1) is 6.61 Å². The first-order valence-corrected chi connectivity index (χ1v) is 6.06. The summed E-state index contributed by atoms with van der Waals surface area (Å²) in [6.07, 6.45) is 0.989. The van der Waals surface area contributed by atoms with Crippen molar-refractivity contribution in [3.63, 3.8) is 0 Å². The highest BCUT2D eigenvalue weighted by atomic mass is 16.5. The Bertz CT molecular complexity index is 236. The molecule has 17 heavy (non-hydrogen) atoms. The third-order valence-corrected chi connectivity index (χ3v) is 3.34. The Morgan fingerprint density at radius 2 is 2.18 bits per heavy atom. The molecule has 2 N–H and O–H groups in total. The lowest BCUT2D eigenvalue weighted by Gasteiger charge is -2.35. The Kier molecular flexibility index (Phi) is 7.34. The Morgan fingerprint density at radius 1 is 1.59 bits per heavy atom. The highest BCUT2D eigenvalue weighted by Gasteiger charge is 2.34. The fourth-order valence-corrected chi connectivity index (χ4v) is 1.58. The molecular weight excluding hydrogens is 220 g/mol. The number of rotatable bonds is 9. The zero-order valence-corrected chi connectivity index (χ0v) is 11.6. The lowest BCUT2D eigenvalue weighted by molar-refractivity contribution is -0.145. The number of methoxy groups -OCH3 is 1. The molecule has 5 heteroatoms. The van der Waals surface area contributed by atoms with E-state index < -0.39 is 11.5 Å². The van der Waals surface area contributed by atoms with E-state index in [1.165, 1.54) is 0 Å². The van der Waals surface area contributed by atoms with E-state index in [9.17, 15) is 9.90 Å². The van der Waals surface area contributed by atoms with Gasteiger partial charge in [0.25, 0.3) is 0 Å². The van der Waals surface area contributed by atoms with Gasteiger partial charge in [-0.25, -0.2) is 0 Å². The first-order chi connectivity index (χ1) is 7.91. The SMILES string of the molecule is CCC(C)N(CCOC)CC(C)(NC)C(=O)O. The molecule has 0 aromatic heterocycles. The monoisotopic (exact) mass is 246 g/mol. The highest BCUT2D eigenvalue weighted by molar-refractivity contribution is 5.78. The van der Waals surface area contributed by atoms with Crippen molar-refractivity contribution < 1.29 is 14.6 Å². The maximum atomic E-state index is 11.3. The summed E-state index contributed by atoms with van der Waals surface area (Å²) in [6, 6.07) is 0.345. The van der Waals surface area contributed by atoms with E-state index in [1.54, 1.807) is 21.1 Å². The van der Waals surface area contributed by atoms with Crippen LogP contribution in [0.3, 0.4) is 0 Å². The van der Waals surface area contributed by atoms with E-state index >= 15 is 0 Å². The Hall–Kier alpha value is -0.650. The molecule has 0 rings (SSSR count). The van der Waals surface area contributed by atoms with Crippen molar-refractivity contribution in [2.75, 3.05) is 33.9 Å². The van der Waals surface area contributed by atoms with Crippen molar-refractivity contribution >= 4 is 5.97 Å². The van der Waals surface area contributed by atoms with Gasteiger partial charge in [0.15, 0.2) is 0 Å². The number of hydrogen-bond donors (Lipinski definition) is 2. The molecule has 0 aromatic rings. The first-order valence-electron chi connectivity index (χ1n) is 6.06. The molecule has 0 amide bonds. The largest absolute Gasteiger partial charge is 0.480 e. The lowest BCUT2D eigenvalue weighted by Crippen LogP contribution is -2.57. The van der Waals surface area contributed by atoms with Gasteiger partial charge in [0.2, 0.25) is 0 Å². The number of carboxylic acid groups (broad SMARTS) is 1. The molecule has 5 nitrogen and oxygen atoms in total. The number of nitrogens with one attached hydrogen (secondary N) is 1. The maximum absolute atomic E-state index is 11.3. The van der Waals surface area contributed by atoms with Gasteiger partial charge in [-0.15, -0.1) is 0 Å². The van der Waals surface area contributed by atoms with Crippen molar-refractivity contribution in [3.8, 4) is 0 Å². The Balaban J connectivity index is 4.64. The van der Waals surface area contributed by atoms with Gasteiger partial charge in [-0.2, -0.15) is 0 Å². The smallest absolute Gasteiger partial charge is 0.324 e. The summed E-state index contributed by atoms with van der Waals surface area (Å²) in [5.74, 6) is -0.828. The van der Waals surface area contributed by atoms with E-state index in [1.807, 2.05) is 0 Å². The molecule has 0 aliphatic carbocycles. The third-order valence-electron chi connectivity index (χ3n) is 3.34. The standard InChI is InChI=1S/C12H26N2O3/c1-6-10(2)14(7-8-17-5)9-12(3,13-4)11(15)16/h10,13H,6-9H2,1-5H3,(H,15,16). The van der Waals surface area contributed by atoms with Crippen LogP contribution in [0, 0.1) is 0 Å². The van der Waals surface area contributed by atoms with E-state index in [4.69, 9.17) is 4.74 Å². The number of likely N-dealkylation sites (N-methyl/N-ethyl adjacent to an activating group) is 1. The second kappa shape index (κ2) is 7.63. The number of hydrogen-bond acceptors (Lipinski definition) is 4. The summed E-state index contributed by atoms with van der Waals surface area (Å²) in [7, 11) is 3.34. The van der Waals surface area contributed by atoms with Gasteiger partial charge in [-0.05, 0) is 27.3 Å². The molecule has 0 heterocycles. The lowest BCUT2D eigenvalue weighted by atomic mass is 10.0. The second-order valence-corrected chi connectivity index (χ2v) is 4.61. The van der Waals surface area contributed by atoms with Crippen LogP contribution in [-0.2, 0) is 9.53 Å².